The Morgan fingerprint density at radius 1 is 0.897 bits per heavy atom. The van der Waals surface area contributed by atoms with Crippen molar-refractivity contribution in [2.75, 3.05) is 24.5 Å². The summed E-state index contributed by atoms with van der Waals surface area (Å²) in [6, 6.07) is 23.3. The van der Waals surface area contributed by atoms with Crippen LogP contribution in [0, 0.1) is 0 Å². The number of fused-ring (bicyclic) bond motifs is 4. The quantitative estimate of drug-likeness (QED) is 0.669. The van der Waals surface area contributed by atoms with Crippen LogP contribution in [0.15, 0.2) is 72.9 Å². The molecule has 2 aliphatic heterocycles. The van der Waals surface area contributed by atoms with E-state index in [2.05, 4.69) is 75.2 Å². The molecule has 148 valence electrons. The van der Waals surface area contributed by atoms with Gasteiger partial charge < -0.3 is 9.47 Å². The van der Waals surface area contributed by atoms with Crippen LogP contribution in [-0.4, -0.2) is 35.0 Å². The number of hydrogen-bond acceptors (Lipinski definition) is 2. The van der Waals surface area contributed by atoms with Crippen molar-refractivity contribution in [3.05, 3.63) is 84.2 Å². The molecule has 1 aromatic heterocycles. The van der Waals surface area contributed by atoms with Crippen molar-refractivity contribution in [3.8, 4) is 5.69 Å². The maximum atomic E-state index is 12.9. The molecule has 0 bridgehead atoms. The van der Waals surface area contributed by atoms with Gasteiger partial charge in [0.25, 0.3) is 0 Å². The number of piperidine rings is 1. The van der Waals surface area contributed by atoms with Crippen molar-refractivity contribution in [2.45, 2.75) is 31.7 Å². The van der Waals surface area contributed by atoms with Gasteiger partial charge in [0.1, 0.15) is 0 Å². The number of carbonyl (C=O) groups is 1. The molecule has 0 N–H and O–H groups in total. The third kappa shape index (κ3) is 2.99. The van der Waals surface area contributed by atoms with Crippen molar-refractivity contribution in [1.82, 2.24) is 9.47 Å². The smallest absolute Gasteiger partial charge is 0.224 e. The van der Waals surface area contributed by atoms with Crippen LogP contribution in [0.25, 0.3) is 5.69 Å². The highest BCUT2D eigenvalue weighted by atomic mass is 16.2. The Labute approximate surface area is 172 Å². The van der Waals surface area contributed by atoms with Gasteiger partial charge in [-0.1, -0.05) is 42.5 Å². The van der Waals surface area contributed by atoms with Gasteiger partial charge in [0.05, 0.1) is 16.9 Å². The second kappa shape index (κ2) is 7.20. The van der Waals surface area contributed by atoms with Gasteiger partial charge >= 0.3 is 0 Å². The molecule has 1 saturated heterocycles. The summed E-state index contributed by atoms with van der Waals surface area (Å²) >= 11 is 0. The summed E-state index contributed by atoms with van der Waals surface area (Å²) in [6.45, 7) is 4.78. The monoisotopic (exact) mass is 385 g/mol. The van der Waals surface area contributed by atoms with Crippen LogP contribution in [0.5, 0.6) is 0 Å². The van der Waals surface area contributed by atoms with Gasteiger partial charge in [-0.3, -0.25) is 9.69 Å². The molecule has 1 spiro atoms. The van der Waals surface area contributed by atoms with E-state index in [-0.39, 0.29) is 11.4 Å². The zero-order valence-corrected chi connectivity index (χ0v) is 16.9. The molecule has 5 rings (SSSR count). The third-order valence-corrected chi connectivity index (χ3v) is 6.59. The molecule has 1 fully saturated rings. The Balaban J connectivity index is 1.42. The number of hydrogen-bond donors (Lipinski definition) is 0. The summed E-state index contributed by atoms with van der Waals surface area (Å²) in [5.41, 5.74) is 4.50. The first-order valence-corrected chi connectivity index (χ1v) is 10.5. The number of rotatable bonds is 3. The van der Waals surface area contributed by atoms with Crippen LogP contribution < -0.4 is 4.90 Å². The fourth-order valence-electron chi connectivity index (χ4n) is 5.20. The fraction of sp³-hybridized carbons (Fsp3) is 0.320. The molecule has 2 aromatic carbocycles. The summed E-state index contributed by atoms with van der Waals surface area (Å²) in [5, 5.41) is 0. The highest BCUT2D eigenvalue weighted by Gasteiger charge is 2.48. The Hall–Kier alpha value is -2.85. The largest absolute Gasteiger partial charge is 0.316 e. The highest BCUT2D eigenvalue weighted by molar-refractivity contribution is 5.96. The summed E-state index contributed by atoms with van der Waals surface area (Å²) in [4.78, 5) is 17.5. The first-order valence-electron chi connectivity index (χ1n) is 10.5. The standard InChI is InChI=1S/C25H27N3O/c1-20(29)28-23-11-6-5-10-22(23)27-16-7-12-24(27)25(28)14-18-26(19-15-25)17-13-21-8-3-2-4-9-21/h2-12,16H,13-15,17-19H2,1H3. The van der Waals surface area contributed by atoms with Crippen molar-refractivity contribution in [1.29, 1.82) is 0 Å². The second-order valence-corrected chi connectivity index (χ2v) is 8.22. The number of carbonyl (C=O) groups excluding carboxylic acids is 1. The Kier molecular flexibility index (Phi) is 4.51. The minimum Gasteiger partial charge on any atom is -0.316 e. The molecular formula is C25H27N3O. The molecule has 2 aliphatic rings. The van der Waals surface area contributed by atoms with Crippen molar-refractivity contribution >= 4 is 11.6 Å². The van der Waals surface area contributed by atoms with E-state index in [0.29, 0.717) is 0 Å². The number of aromatic nitrogens is 1. The lowest BCUT2D eigenvalue weighted by molar-refractivity contribution is -0.118. The zero-order chi connectivity index (χ0) is 19.8. The molecule has 0 saturated carbocycles. The van der Waals surface area contributed by atoms with Crippen LogP contribution in [0.2, 0.25) is 0 Å². The lowest BCUT2D eigenvalue weighted by Gasteiger charge is -2.51. The van der Waals surface area contributed by atoms with Gasteiger partial charge in [0, 0.05) is 38.4 Å². The molecule has 1 amide bonds. The van der Waals surface area contributed by atoms with Crippen molar-refractivity contribution < 1.29 is 4.79 Å². The molecule has 0 atom stereocenters. The fourth-order valence-corrected chi connectivity index (χ4v) is 5.20. The number of benzene rings is 2. The van der Waals surface area contributed by atoms with E-state index in [9.17, 15) is 4.79 Å². The van der Waals surface area contributed by atoms with Crippen LogP contribution in [0.4, 0.5) is 5.69 Å². The predicted molar refractivity (Wildman–Crippen MR) is 116 cm³/mol. The van der Waals surface area contributed by atoms with E-state index in [1.165, 1.54) is 11.3 Å². The molecule has 3 aromatic rings. The maximum absolute atomic E-state index is 12.9. The van der Waals surface area contributed by atoms with Gasteiger partial charge in [-0.2, -0.15) is 0 Å². The molecule has 3 heterocycles. The predicted octanol–water partition coefficient (Wildman–Crippen LogP) is 4.38. The Morgan fingerprint density at radius 2 is 1.59 bits per heavy atom. The molecule has 4 nitrogen and oxygen atoms in total. The second-order valence-electron chi connectivity index (χ2n) is 8.22. The van der Waals surface area contributed by atoms with Crippen molar-refractivity contribution in [3.63, 3.8) is 0 Å². The number of nitrogens with zero attached hydrogens (tertiary/aromatic N) is 3. The highest BCUT2D eigenvalue weighted by Crippen LogP contribution is 2.48. The molecule has 4 heteroatoms. The van der Waals surface area contributed by atoms with Crippen LogP contribution in [0.3, 0.4) is 0 Å². The first kappa shape index (κ1) is 18.2. The van der Waals surface area contributed by atoms with Crippen molar-refractivity contribution in [2.24, 2.45) is 0 Å². The van der Waals surface area contributed by atoms with E-state index >= 15 is 0 Å². The number of anilines is 1. The van der Waals surface area contributed by atoms with Gasteiger partial charge in [-0.25, -0.2) is 0 Å². The van der Waals surface area contributed by atoms with E-state index in [0.717, 1.165) is 50.3 Å². The molecule has 0 radical (unpaired) electrons. The summed E-state index contributed by atoms with van der Waals surface area (Å²) < 4.78 is 2.29. The summed E-state index contributed by atoms with van der Waals surface area (Å²) in [6.07, 6.45) is 5.12. The Bertz CT molecular complexity index is 1020. The average molecular weight is 386 g/mol. The first-order chi connectivity index (χ1) is 14.2. The van der Waals surface area contributed by atoms with Crippen LogP contribution in [-0.2, 0) is 16.8 Å². The SMILES string of the molecule is CC(=O)N1c2ccccc2-n2cccc2C12CCN(CCc1ccccc1)CC2. The Morgan fingerprint density at radius 3 is 2.31 bits per heavy atom. The molecule has 29 heavy (non-hydrogen) atoms. The topological polar surface area (TPSA) is 28.5 Å². The molecule has 0 unspecified atom stereocenters. The van der Waals surface area contributed by atoms with Gasteiger partial charge in [-0.05, 0) is 49.1 Å². The van der Waals surface area contributed by atoms with Crippen LogP contribution in [0.1, 0.15) is 31.0 Å². The van der Waals surface area contributed by atoms with Crippen LogP contribution >= 0.6 is 0 Å². The van der Waals surface area contributed by atoms with E-state index in [4.69, 9.17) is 0 Å². The van der Waals surface area contributed by atoms with E-state index in [1.807, 2.05) is 12.1 Å². The zero-order valence-electron chi connectivity index (χ0n) is 16.9. The normalized spacial score (nSPS) is 17.8. The van der Waals surface area contributed by atoms with Gasteiger partial charge in [0.15, 0.2) is 0 Å². The number of amides is 1. The number of likely N-dealkylation sites (tertiary alicyclic amines) is 1. The molecular weight excluding hydrogens is 358 g/mol. The summed E-state index contributed by atoms with van der Waals surface area (Å²) in [7, 11) is 0. The average Bonchev–Trinajstić information content (AvgIpc) is 3.25. The minimum absolute atomic E-state index is 0.127. The lowest BCUT2D eigenvalue weighted by atomic mass is 9.80. The van der Waals surface area contributed by atoms with E-state index in [1.54, 1.807) is 6.92 Å². The third-order valence-electron chi connectivity index (χ3n) is 6.59. The van der Waals surface area contributed by atoms with Gasteiger partial charge in [0.2, 0.25) is 5.91 Å². The van der Waals surface area contributed by atoms with E-state index < -0.39 is 0 Å². The number of para-hydroxylation sites is 2. The maximum Gasteiger partial charge on any atom is 0.224 e. The lowest BCUT2D eigenvalue weighted by Crippen LogP contribution is -2.57. The molecule has 0 aliphatic carbocycles. The summed E-state index contributed by atoms with van der Waals surface area (Å²) in [5.74, 6) is 0.127. The van der Waals surface area contributed by atoms with Gasteiger partial charge in [-0.15, -0.1) is 0 Å². The minimum atomic E-state index is -0.257.